The molecule has 0 radical (unpaired) electrons. The summed E-state index contributed by atoms with van der Waals surface area (Å²) in [4.78, 5) is 50.7. The number of halogens is 1. The van der Waals surface area contributed by atoms with E-state index in [1.165, 1.54) is 11.8 Å². The fourth-order valence-electron chi connectivity index (χ4n) is 10.1. The van der Waals surface area contributed by atoms with Crippen LogP contribution in [0.1, 0.15) is 89.3 Å². The van der Waals surface area contributed by atoms with Gasteiger partial charge in [-0.05, 0) is 123 Å². The molecule has 2 N–H and O–H groups in total. The Hall–Kier alpha value is -6.07. The third-order valence-electron chi connectivity index (χ3n) is 13.5. The van der Waals surface area contributed by atoms with Crippen molar-refractivity contribution in [2.75, 3.05) is 48.9 Å². The summed E-state index contributed by atoms with van der Waals surface area (Å²) in [6.07, 6.45) is 4.21. The number of carbonyl (C=O) groups excluding carboxylic acids is 2. The van der Waals surface area contributed by atoms with Crippen LogP contribution < -0.4 is 15.6 Å². The normalized spacial score (nSPS) is 22.7. The Morgan fingerprint density at radius 3 is 2.29 bits per heavy atom. The van der Waals surface area contributed by atoms with E-state index in [-0.39, 0.29) is 23.7 Å². The summed E-state index contributed by atoms with van der Waals surface area (Å²) >= 11 is 0. The van der Waals surface area contributed by atoms with Crippen molar-refractivity contribution in [2.24, 2.45) is 5.92 Å². The minimum atomic E-state index is -2.95. The maximum atomic E-state index is 15.4. The molecule has 3 aromatic carbocycles. The lowest BCUT2D eigenvalue weighted by Gasteiger charge is -2.35. The molecule has 2 saturated heterocycles. The molecule has 62 heavy (non-hydrogen) atoms. The SMILES string of the molecule is Cc1cc(-n2nc3c(c2N2CCN(c4ccc([S@@](C)(=N)=O)cc4)C2=O)[C@H](C)N(C(=O)c2cc4cc(C5CCOCC5)ccc4n2[C@@]2(c4noc(=O)[nH]4)C[C@@H]2C)CC3)cc(C)c1F. The highest BCUT2D eigenvalue weighted by Crippen LogP contribution is 2.56. The van der Waals surface area contributed by atoms with Crippen LogP contribution in [0, 0.1) is 30.4 Å². The van der Waals surface area contributed by atoms with Crippen molar-refractivity contribution >= 4 is 44.1 Å². The molecule has 15 nitrogen and oxygen atoms in total. The first-order chi connectivity index (χ1) is 29.6. The second-order valence-electron chi connectivity index (χ2n) is 17.4. The van der Waals surface area contributed by atoms with Gasteiger partial charge in [0.25, 0.3) is 5.91 Å². The van der Waals surface area contributed by atoms with Gasteiger partial charge in [0.1, 0.15) is 22.9 Å². The maximum absolute atomic E-state index is 15.4. The highest BCUT2D eigenvalue weighted by molar-refractivity contribution is 7.91. The van der Waals surface area contributed by atoms with Gasteiger partial charge in [-0.25, -0.2) is 27.6 Å². The molecule has 17 heteroatoms. The van der Waals surface area contributed by atoms with Gasteiger partial charge in [-0.15, -0.1) is 0 Å². The van der Waals surface area contributed by atoms with Crippen LogP contribution in [0.4, 0.5) is 20.7 Å². The number of anilines is 2. The number of carbonyl (C=O) groups is 2. The van der Waals surface area contributed by atoms with Crippen LogP contribution in [0.3, 0.4) is 0 Å². The van der Waals surface area contributed by atoms with Crippen molar-refractivity contribution in [3.05, 3.63) is 116 Å². The standard InChI is InChI=1S/C45H48FN9O6S/c1-25-20-33(21-26(2)39(25)46)55-40(53-17-16-52(44(53)58)32-7-9-34(10-8-32)62(5,47)59)38-28(4)51(15-12-35(38)49-55)41(56)37-23-31-22-30(29-13-18-60-19-14-29)6-11-36(31)54(37)45(24-27(45)3)42-48-43(57)61-50-42/h6-11,20-23,27-29,47H,12-19,24H2,1-5H3,(H,48,50,57)/t27-,28-,45-,62-/m0/s1. The van der Waals surface area contributed by atoms with Crippen molar-refractivity contribution in [3.63, 3.8) is 0 Å². The summed E-state index contributed by atoms with van der Waals surface area (Å²) in [5, 5.41) is 10.2. The number of amides is 3. The third kappa shape index (κ3) is 6.29. The molecule has 3 amide bonds. The maximum Gasteiger partial charge on any atom is 0.438 e. The van der Waals surface area contributed by atoms with Gasteiger partial charge < -0.3 is 14.2 Å². The lowest BCUT2D eigenvalue weighted by Crippen LogP contribution is -2.41. The number of nitrogens with zero attached hydrogens (tertiary/aromatic N) is 7. The highest BCUT2D eigenvalue weighted by atomic mass is 32.2. The van der Waals surface area contributed by atoms with E-state index in [1.807, 2.05) is 22.5 Å². The Morgan fingerprint density at radius 1 is 0.952 bits per heavy atom. The van der Waals surface area contributed by atoms with E-state index >= 15 is 9.18 Å². The quantitative estimate of drug-likeness (QED) is 0.162. The van der Waals surface area contributed by atoms with Gasteiger partial charge in [0.2, 0.25) is 0 Å². The van der Waals surface area contributed by atoms with E-state index in [4.69, 9.17) is 19.1 Å². The van der Waals surface area contributed by atoms with E-state index in [0.29, 0.717) is 96.3 Å². The number of hydrogen-bond donors (Lipinski definition) is 2. The predicted octanol–water partition coefficient (Wildman–Crippen LogP) is 7.18. The summed E-state index contributed by atoms with van der Waals surface area (Å²) in [5.74, 6) is 0.0204. The number of fused-ring (bicyclic) bond motifs is 2. The number of aryl methyl sites for hydroxylation is 2. The zero-order valence-electron chi connectivity index (χ0n) is 35.2. The van der Waals surface area contributed by atoms with Crippen molar-refractivity contribution in [2.45, 2.75) is 75.8 Å². The van der Waals surface area contributed by atoms with Crippen molar-refractivity contribution < 1.29 is 27.4 Å². The van der Waals surface area contributed by atoms with Crippen LogP contribution in [0.5, 0.6) is 0 Å². The average Bonchev–Trinajstić information content (AvgIpc) is 3.75. The van der Waals surface area contributed by atoms with Crippen LogP contribution in [0.15, 0.2) is 74.9 Å². The smallest absolute Gasteiger partial charge is 0.381 e. The number of aromatic nitrogens is 5. The van der Waals surface area contributed by atoms with Crippen molar-refractivity contribution in [1.82, 2.24) is 29.4 Å². The summed E-state index contributed by atoms with van der Waals surface area (Å²) in [7, 11) is -2.95. The second-order valence-corrected chi connectivity index (χ2v) is 19.5. The third-order valence-corrected chi connectivity index (χ3v) is 14.7. The van der Waals surface area contributed by atoms with Crippen LogP contribution in [0.2, 0.25) is 0 Å². The van der Waals surface area contributed by atoms with E-state index in [2.05, 4.69) is 35.3 Å². The Balaban J connectivity index is 1.08. The van der Waals surface area contributed by atoms with Gasteiger partial charge in [0, 0.05) is 72.6 Å². The molecule has 3 aliphatic heterocycles. The molecular weight excluding hydrogens is 814 g/mol. The molecule has 4 aliphatic rings. The average molecular weight is 862 g/mol. The summed E-state index contributed by atoms with van der Waals surface area (Å²) in [5.41, 5.74) is 5.15. The molecule has 6 heterocycles. The zero-order chi connectivity index (χ0) is 43.4. The molecule has 1 saturated carbocycles. The number of nitrogens with one attached hydrogen (secondary N) is 2. The molecule has 322 valence electrons. The predicted molar refractivity (Wildman–Crippen MR) is 230 cm³/mol. The van der Waals surface area contributed by atoms with E-state index in [0.717, 1.165) is 35.0 Å². The first-order valence-electron chi connectivity index (χ1n) is 21.1. The van der Waals surface area contributed by atoms with Crippen LogP contribution in [0.25, 0.3) is 16.6 Å². The Kier molecular flexibility index (Phi) is 9.37. The Bertz CT molecular complexity index is 2960. The van der Waals surface area contributed by atoms with E-state index in [9.17, 15) is 13.8 Å². The van der Waals surface area contributed by atoms with E-state index in [1.54, 1.807) is 64.7 Å². The zero-order valence-corrected chi connectivity index (χ0v) is 36.1. The monoisotopic (exact) mass is 861 g/mol. The van der Waals surface area contributed by atoms with Gasteiger partial charge >= 0.3 is 11.8 Å². The molecule has 1 aliphatic carbocycles. The number of urea groups is 1. The first-order valence-corrected chi connectivity index (χ1v) is 23.0. The molecule has 4 atom stereocenters. The number of aromatic amines is 1. The molecular formula is C45H48FN9O6S. The van der Waals surface area contributed by atoms with Gasteiger partial charge in [0.05, 0.1) is 27.2 Å². The Morgan fingerprint density at radius 2 is 1.65 bits per heavy atom. The number of ether oxygens (including phenoxy) is 1. The Labute approximate surface area is 357 Å². The number of H-pyrrole nitrogens is 1. The van der Waals surface area contributed by atoms with E-state index < -0.39 is 27.1 Å². The van der Waals surface area contributed by atoms with Crippen molar-refractivity contribution in [1.29, 1.82) is 4.78 Å². The largest absolute Gasteiger partial charge is 0.438 e. The number of hydrogen-bond acceptors (Lipinski definition) is 9. The van der Waals surface area contributed by atoms with Crippen LogP contribution in [-0.4, -0.2) is 84.6 Å². The molecule has 3 fully saturated rings. The lowest BCUT2D eigenvalue weighted by atomic mass is 9.91. The topological polar surface area (TPSA) is 176 Å². The van der Waals surface area contributed by atoms with Gasteiger partial charge in [-0.3, -0.25) is 24.1 Å². The van der Waals surface area contributed by atoms with Gasteiger partial charge in [0.15, 0.2) is 5.82 Å². The minimum Gasteiger partial charge on any atom is -0.381 e. The number of benzene rings is 3. The molecule has 3 aromatic heterocycles. The molecule has 0 unspecified atom stereocenters. The minimum absolute atomic E-state index is 0.0248. The highest BCUT2D eigenvalue weighted by Gasteiger charge is 2.59. The fourth-order valence-corrected chi connectivity index (χ4v) is 10.8. The summed E-state index contributed by atoms with van der Waals surface area (Å²) in [6.45, 7) is 9.78. The first kappa shape index (κ1) is 40.0. The molecule has 0 spiro atoms. The van der Waals surface area contributed by atoms with Gasteiger partial charge in [-0.2, -0.15) is 5.10 Å². The fraction of sp³-hybridized carbons (Fsp3) is 0.400. The van der Waals surface area contributed by atoms with Crippen LogP contribution in [-0.2, 0) is 26.4 Å². The second kappa shape index (κ2) is 14.5. The van der Waals surface area contributed by atoms with Crippen LogP contribution >= 0.6 is 0 Å². The summed E-state index contributed by atoms with van der Waals surface area (Å²) in [6, 6.07) is 17.5. The van der Waals surface area contributed by atoms with Gasteiger partial charge in [-0.1, -0.05) is 18.1 Å². The van der Waals surface area contributed by atoms with Crippen molar-refractivity contribution in [3.8, 4) is 5.69 Å². The lowest BCUT2D eigenvalue weighted by molar-refractivity contribution is 0.0664. The number of rotatable bonds is 8. The molecule has 0 bridgehead atoms. The summed E-state index contributed by atoms with van der Waals surface area (Å²) < 4.78 is 49.9. The molecule has 6 aromatic rings. The molecule has 10 rings (SSSR count).